The van der Waals surface area contributed by atoms with E-state index in [1.54, 1.807) is 19.2 Å². The number of hydrogen-bond acceptors (Lipinski definition) is 6. The number of aromatic nitrogens is 1. The Balaban J connectivity index is 1.96. The first-order valence-corrected chi connectivity index (χ1v) is 8.42. The summed E-state index contributed by atoms with van der Waals surface area (Å²) in [5.41, 5.74) is 6.59. The molecular formula is C19H25N3O4. The Kier molecular flexibility index (Phi) is 7.37. The molecule has 0 aliphatic carbocycles. The molecule has 0 unspecified atom stereocenters. The average Bonchev–Trinajstić information content (AvgIpc) is 2.62. The minimum absolute atomic E-state index is 0.235. The monoisotopic (exact) mass is 359 g/mol. The molecule has 0 saturated heterocycles. The van der Waals surface area contributed by atoms with Crippen molar-refractivity contribution in [1.29, 1.82) is 0 Å². The van der Waals surface area contributed by atoms with Gasteiger partial charge in [0.25, 0.3) is 0 Å². The molecule has 2 rings (SSSR count). The van der Waals surface area contributed by atoms with Crippen molar-refractivity contribution in [2.45, 2.75) is 26.5 Å². The number of methoxy groups -OCH3 is 1. The van der Waals surface area contributed by atoms with E-state index in [-0.39, 0.29) is 6.10 Å². The number of nitrogens with two attached hydrogens (primary N) is 1. The highest BCUT2D eigenvalue weighted by Crippen LogP contribution is 2.31. The third-order valence-corrected chi connectivity index (χ3v) is 3.52. The number of hydrogen-bond donors (Lipinski definition) is 2. The van der Waals surface area contributed by atoms with Crippen LogP contribution in [-0.4, -0.2) is 37.3 Å². The zero-order valence-corrected chi connectivity index (χ0v) is 15.3. The van der Waals surface area contributed by atoms with Gasteiger partial charge in [-0.15, -0.1) is 0 Å². The van der Waals surface area contributed by atoms with Crippen LogP contribution in [0.5, 0.6) is 17.4 Å². The molecule has 0 aliphatic heterocycles. The van der Waals surface area contributed by atoms with Crippen molar-refractivity contribution in [3.05, 3.63) is 47.7 Å². The maximum Gasteiger partial charge on any atom is 0.250 e. The lowest BCUT2D eigenvalue weighted by atomic mass is 10.2. The molecule has 0 saturated carbocycles. The topological polar surface area (TPSA) is 95.7 Å². The number of ether oxygens (including phenoxy) is 3. The second-order valence-electron chi connectivity index (χ2n) is 5.93. The molecule has 1 heterocycles. The van der Waals surface area contributed by atoms with E-state index in [4.69, 9.17) is 19.9 Å². The summed E-state index contributed by atoms with van der Waals surface area (Å²) in [4.78, 5) is 15.1. The maximum atomic E-state index is 11.1. The van der Waals surface area contributed by atoms with Crippen LogP contribution in [0.15, 0.2) is 36.5 Å². The summed E-state index contributed by atoms with van der Waals surface area (Å²) in [6, 6.07) is 8.83. The van der Waals surface area contributed by atoms with Crippen LogP contribution >= 0.6 is 0 Å². The van der Waals surface area contributed by atoms with Crippen LogP contribution in [0.3, 0.4) is 0 Å². The minimum atomic E-state index is -0.530. The molecule has 0 spiro atoms. The van der Waals surface area contributed by atoms with Crippen LogP contribution in [-0.2, 0) is 11.3 Å². The fourth-order valence-corrected chi connectivity index (χ4v) is 2.20. The molecule has 7 nitrogen and oxygen atoms in total. The fourth-order valence-electron chi connectivity index (χ4n) is 2.20. The number of carbonyl (C=O) groups is 1. The van der Waals surface area contributed by atoms with Gasteiger partial charge in [0.05, 0.1) is 25.4 Å². The van der Waals surface area contributed by atoms with Crippen LogP contribution in [0, 0.1) is 0 Å². The van der Waals surface area contributed by atoms with Gasteiger partial charge in [0.2, 0.25) is 11.8 Å². The van der Waals surface area contributed by atoms with E-state index < -0.39 is 5.91 Å². The highest BCUT2D eigenvalue weighted by molar-refractivity contribution is 5.92. The molecule has 1 aromatic carbocycles. The second kappa shape index (κ2) is 9.74. The molecule has 1 amide bonds. The van der Waals surface area contributed by atoms with Crippen molar-refractivity contribution >= 4 is 5.91 Å². The van der Waals surface area contributed by atoms with E-state index in [0.717, 1.165) is 12.1 Å². The first-order valence-electron chi connectivity index (χ1n) is 8.42. The first kappa shape index (κ1) is 19.7. The van der Waals surface area contributed by atoms with E-state index in [2.05, 4.69) is 10.3 Å². The molecule has 0 atom stereocenters. The molecule has 3 N–H and O–H groups in total. The molecule has 26 heavy (non-hydrogen) atoms. The Labute approximate surface area is 153 Å². The summed E-state index contributed by atoms with van der Waals surface area (Å²) in [7, 11) is 1.58. The van der Waals surface area contributed by atoms with Crippen LogP contribution in [0.2, 0.25) is 0 Å². The van der Waals surface area contributed by atoms with Gasteiger partial charge in [-0.05, 0) is 37.6 Å². The van der Waals surface area contributed by atoms with Gasteiger partial charge in [0, 0.05) is 25.4 Å². The standard InChI is InChI=1S/C19H25N3O4/c1-13(2)25-9-8-21-11-14-4-6-16(17(10-14)24-3)26-18-7-5-15(12-22-18)19(20)23/h4-7,10,12-13,21H,8-9,11H2,1-3H3,(H2,20,23). The van der Waals surface area contributed by atoms with E-state index in [1.807, 2.05) is 32.0 Å². The molecular weight excluding hydrogens is 334 g/mol. The second-order valence-corrected chi connectivity index (χ2v) is 5.93. The molecule has 1 aromatic heterocycles. The smallest absolute Gasteiger partial charge is 0.250 e. The van der Waals surface area contributed by atoms with E-state index >= 15 is 0 Å². The van der Waals surface area contributed by atoms with Gasteiger partial charge in [-0.2, -0.15) is 0 Å². The molecule has 0 bridgehead atoms. The predicted octanol–water partition coefficient (Wildman–Crippen LogP) is 2.50. The maximum absolute atomic E-state index is 11.1. The van der Waals surface area contributed by atoms with Gasteiger partial charge in [-0.3, -0.25) is 4.79 Å². The molecule has 7 heteroatoms. The third kappa shape index (κ3) is 6.02. The van der Waals surface area contributed by atoms with Crippen molar-refractivity contribution in [1.82, 2.24) is 10.3 Å². The summed E-state index contributed by atoms with van der Waals surface area (Å²) in [6.45, 7) is 6.17. The molecule has 0 radical (unpaired) electrons. The van der Waals surface area contributed by atoms with Crippen LogP contribution in [0.25, 0.3) is 0 Å². The number of nitrogens with zero attached hydrogens (tertiary/aromatic N) is 1. The van der Waals surface area contributed by atoms with E-state index in [9.17, 15) is 4.79 Å². The van der Waals surface area contributed by atoms with Crippen molar-refractivity contribution in [2.24, 2.45) is 5.73 Å². The molecule has 140 valence electrons. The van der Waals surface area contributed by atoms with E-state index in [0.29, 0.717) is 36.1 Å². The molecule has 2 aromatic rings. The summed E-state index contributed by atoms with van der Waals surface area (Å²) in [5, 5.41) is 3.32. The largest absolute Gasteiger partial charge is 0.493 e. The van der Waals surface area contributed by atoms with Crippen molar-refractivity contribution in [3.8, 4) is 17.4 Å². The summed E-state index contributed by atoms with van der Waals surface area (Å²) >= 11 is 0. The van der Waals surface area contributed by atoms with E-state index in [1.165, 1.54) is 6.20 Å². The Bertz CT molecular complexity index is 717. The number of rotatable bonds is 10. The predicted molar refractivity (Wildman–Crippen MR) is 98.6 cm³/mol. The van der Waals surface area contributed by atoms with Crippen LogP contribution in [0.1, 0.15) is 29.8 Å². The Morgan fingerprint density at radius 1 is 1.23 bits per heavy atom. The van der Waals surface area contributed by atoms with Gasteiger partial charge in [-0.1, -0.05) is 6.07 Å². The van der Waals surface area contributed by atoms with Gasteiger partial charge in [-0.25, -0.2) is 4.98 Å². The highest BCUT2D eigenvalue weighted by Gasteiger charge is 2.09. The van der Waals surface area contributed by atoms with Gasteiger partial charge >= 0.3 is 0 Å². The quantitative estimate of drug-likeness (QED) is 0.633. The number of benzene rings is 1. The lowest BCUT2D eigenvalue weighted by Gasteiger charge is -2.12. The summed E-state index contributed by atoms with van der Waals surface area (Å²) in [6.07, 6.45) is 1.61. The Hall–Kier alpha value is -2.64. The zero-order chi connectivity index (χ0) is 18.9. The lowest BCUT2D eigenvalue weighted by molar-refractivity contribution is 0.0807. The van der Waals surface area contributed by atoms with Crippen LogP contribution in [0.4, 0.5) is 0 Å². The summed E-state index contributed by atoms with van der Waals surface area (Å²) < 4.78 is 16.6. The van der Waals surface area contributed by atoms with Gasteiger partial charge < -0.3 is 25.3 Å². The third-order valence-electron chi connectivity index (χ3n) is 3.52. The molecule has 0 aliphatic rings. The SMILES string of the molecule is COc1cc(CNCCOC(C)C)ccc1Oc1ccc(C(N)=O)cn1. The average molecular weight is 359 g/mol. The number of carbonyl (C=O) groups excluding carboxylic acids is 1. The number of nitrogens with one attached hydrogen (secondary N) is 1. The highest BCUT2D eigenvalue weighted by atomic mass is 16.5. The number of primary amides is 1. The minimum Gasteiger partial charge on any atom is -0.493 e. The van der Waals surface area contributed by atoms with Gasteiger partial charge in [0.15, 0.2) is 11.5 Å². The van der Waals surface area contributed by atoms with Crippen molar-refractivity contribution < 1.29 is 19.0 Å². The summed E-state index contributed by atoms with van der Waals surface area (Å²) in [5.74, 6) is 0.963. The van der Waals surface area contributed by atoms with Gasteiger partial charge in [0.1, 0.15) is 0 Å². The Morgan fingerprint density at radius 2 is 2.04 bits per heavy atom. The number of pyridine rings is 1. The normalized spacial score (nSPS) is 10.8. The lowest BCUT2D eigenvalue weighted by Crippen LogP contribution is -2.20. The first-order chi connectivity index (χ1) is 12.5. The van der Waals surface area contributed by atoms with Crippen LogP contribution < -0.4 is 20.5 Å². The van der Waals surface area contributed by atoms with Crippen molar-refractivity contribution in [3.63, 3.8) is 0 Å². The fraction of sp³-hybridized carbons (Fsp3) is 0.368. The Morgan fingerprint density at radius 3 is 2.65 bits per heavy atom. The van der Waals surface area contributed by atoms with Crippen molar-refractivity contribution in [2.75, 3.05) is 20.3 Å². The molecule has 0 fully saturated rings. The number of amides is 1. The zero-order valence-electron chi connectivity index (χ0n) is 15.3.